The fourth-order valence-electron chi connectivity index (χ4n) is 4.81. The van der Waals surface area contributed by atoms with E-state index in [1.807, 2.05) is 38.1 Å². The molecule has 4 N–H and O–H groups in total. The lowest BCUT2D eigenvalue weighted by Crippen LogP contribution is -2.51. The number of aliphatic hydroxyl groups excluding tert-OH is 2. The van der Waals surface area contributed by atoms with Gasteiger partial charge in [-0.2, -0.15) is 4.99 Å². The van der Waals surface area contributed by atoms with E-state index >= 15 is 0 Å². The van der Waals surface area contributed by atoms with Crippen LogP contribution in [0.1, 0.15) is 50.5 Å². The highest BCUT2D eigenvalue weighted by Gasteiger charge is 2.40. The maximum atomic E-state index is 10.1. The van der Waals surface area contributed by atoms with Crippen molar-refractivity contribution in [3.05, 3.63) is 53.6 Å². The van der Waals surface area contributed by atoms with Crippen LogP contribution >= 0.6 is 0 Å². The molecule has 2 heterocycles. The Morgan fingerprint density at radius 2 is 1.83 bits per heavy atom. The first-order valence-electron chi connectivity index (χ1n) is 12.7. The summed E-state index contributed by atoms with van der Waals surface area (Å²) in [4.78, 5) is 6.50. The fraction of sp³-hybridized carbons (Fsp3) is 0.500. The Morgan fingerprint density at radius 3 is 2.47 bits per heavy atom. The van der Waals surface area contributed by atoms with Gasteiger partial charge in [0.15, 0.2) is 0 Å². The van der Waals surface area contributed by atoms with E-state index in [1.54, 1.807) is 7.11 Å². The van der Waals surface area contributed by atoms with Crippen molar-refractivity contribution in [3.63, 3.8) is 0 Å². The fourth-order valence-corrected chi connectivity index (χ4v) is 4.81. The minimum absolute atomic E-state index is 0.0157. The summed E-state index contributed by atoms with van der Waals surface area (Å²) in [7, 11) is 1.62. The van der Waals surface area contributed by atoms with Crippen LogP contribution in [0.5, 0.6) is 5.75 Å². The molecule has 1 fully saturated rings. The van der Waals surface area contributed by atoms with Gasteiger partial charge < -0.3 is 24.6 Å². The Balaban J connectivity index is 1.40. The quantitative estimate of drug-likeness (QED) is 0.277. The average molecular weight is 495 g/mol. The van der Waals surface area contributed by atoms with Gasteiger partial charge in [0.05, 0.1) is 13.7 Å². The predicted octanol–water partition coefficient (Wildman–Crippen LogP) is 3.72. The van der Waals surface area contributed by atoms with E-state index in [2.05, 4.69) is 33.4 Å². The highest BCUT2D eigenvalue weighted by molar-refractivity contribution is 5.92. The van der Waals surface area contributed by atoms with Crippen molar-refractivity contribution in [2.45, 2.75) is 51.4 Å². The summed E-state index contributed by atoms with van der Waals surface area (Å²) in [6.45, 7) is 5.82. The van der Waals surface area contributed by atoms with Crippen molar-refractivity contribution < 1.29 is 19.7 Å². The number of likely N-dealkylation sites (tertiary alicyclic amines) is 1. The Labute approximate surface area is 213 Å². The lowest BCUT2D eigenvalue weighted by molar-refractivity contribution is -0.00423. The third kappa shape index (κ3) is 5.88. The number of amidine groups is 2. The number of nitrogens with zero attached hydrogens (tertiary/aromatic N) is 2. The van der Waals surface area contributed by atoms with Crippen molar-refractivity contribution in [3.8, 4) is 16.9 Å². The number of benzene rings is 2. The van der Waals surface area contributed by atoms with Crippen LogP contribution in [0.25, 0.3) is 11.1 Å². The average Bonchev–Trinajstić information content (AvgIpc) is 2.90. The van der Waals surface area contributed by atoms with Crippen molar-refractivity contribution in [1.29, 1.82) is 5.41 Å². The zero-order chi connectivity index (χ0) is 25.7. The summed E-state index contributed by atoms with van der Waals surface area (Å²) >= 11 is 0. The molecule has 2 aromatic rings. The van der Waals surface area contributed by atoms with E-state index < -0.39 is 6.23 Å². The SMILES string of the molecule is COC(=NC(=N)C(C)C)N1CCC2(CCc3cc(-c4ccc(C(O)NCCO)cc4)ccc3O2)CC1. The highest BCUT2D eigenvalue weighted by atomic mass is 16.5. The molecule has 0 aliphatic carbocycles. The van der Waals surface area contributed by atoms with Gasteiger partial charge in [0, 0.05) is 38.4 Å². The first-order valence-corrected chi connectivity index (χ1v) is 12.7. The molecule has 36 heavy (non-hydrogen) atoms. The molecule has 1 atom stereocenters. The maximum absolute atomic E-state index is 10.1. The van der Waals surface area contributed by atoms with Gasteiger partial charge >= 0.3 is 0 Å². The van der Waals surface area contributed by atoms with E-state index in [-0.39, 0.29) is 18.1 Å². The van der Waals surface area contributed by atoms with Crippen molar-refractivity contribution >= 4 is 11.9 Å². The summed E-state index contributed by atoms with van der Waals surface area (Å²) in [5.74, 6) is 1.35. The van der Waals surface area contributed by atoms with Crippen LogP contribution in [0.2, 0.25) is 0 Å². The van der Waals surface area contributed by atoms with Crippen LogP contribution in [0.4, 0.5) is 0 Å². The molecule has 194 valence electrons. The molecule has 1 unspecified atom stereocenters. The van der Waals surface area contributed by atoms with Crippen LogP contribution in [0.3, 0.4) is 0 Å². The molecule has 0 radical (unpaired) electrons. The summed E-state index contributed by atoms with van der Waals surface area (Å²) in [5.41, 5.74) is 4.03. The first kappa shape index (κ1) is 26.1. The number of nitrogens with one attached hydrogen (secondary N) is 2. The first-order chi connectivity index (χ1) is 17.3. The standard InChI is InChI=1S/C28H38N4O4/c1-19(2)25(29)31-27(35-3)32-15-12-28(13-16-32)11-10-23-18-22(8-9-24(23)36-28)20-4-6-21(7-5-20)26(34)30-14-17-33/h4-9,18-19,26,29-30,33-34H,10-17H2,1-3H3. The van der Waals surface area contributed by atoms with Crippen molar-refractivity contribution in [2.75, 3.05) is 33.4 Å². The molecule has 2 aliphatic rings. The molecule has 0 saturated carbocycles. The normalized spacial score (nSPS) is 18.1. The topological polar surface area (TPSA) is 110 Å². The Bertz CT molecular complexity index is 1080. The van der Waals surface area contributed by atoms with Crippen LogP contribution in [-0.2, 0) is 11.2 Å². The third-order valence-electron chi connectivity index (χ3n) is 7.14. The summed E-state index contributed by atoms with van der Waals surface area (Å²) < 4.78 is 12.1. The van der Waals surface area contributed by atoms with Crippen LogP contribution in [0.15, 0.2) is 47.5 Å². The molecular formula is C28H38N4O4. The van der Waals surface area contributed by atoms with Gasteiger partial charge in [0.2, 0.25) is 0 Å². The Kier molecular flexibility index (Phi) is 8.28. The van der Waals surface area contributed by atoms with Gasteiger partial charge in [-0.3, -0.25) is 10.7 Å². The molecule has 0 bridgehead atoms. The maximum Gasteiger partial charge on any atom is 0.293 e. The number of aryl methyl sites for hydroxylation is 1. The minimum atomic E-state index is -0.792. The molecule has 1 spiro atoms. The van der Waals surface area contributed by atoms with E-state index in [0.717, 1.165) is 61.2 Å². The second-order valence-corrected chi connectivity index (χ2v) is 9.94. The largest absolute Gasteiger partial charge is 0.487 e. The van der Waals surface area contributed by atoms with Crippen molar-refractivity contribution in [1.82, 2.24) is 10.2 Å². The van der Waals surface area contributed by atoms with Crippen molar-refractivity contribution in [2.24, 2.45) is 10.9 Å². The van der Waals surface area contributed by atoms with Gasteiger partial charge in [0.25, 0.3) is 6.02 Å². The van der Waals surface area contributed by atoms with E-state index in [4.69, 9.17) is 20.0 Å². The number of piperidine rings is 1. The van der Waals surface area contributed by atoms with E-state index in [1.165, 1.54) is 5.56 Å². The lowest BCUT2D eigenvalue weighted by Gasteiger charge is -2.45. The van der Waals surface area contributed by atoms with Gasteiger partial charge in [-0.15, -0.1) is 0 Å². The van der Waals surface area contributed by atoms with Gasteiger partial charge in [-0.05, 0) is 47.2 Å². The van der Waals surface area contributed by atoms with E-state index in [9.17, 15) is 5.11 Å². The summed E-state index contributed by atoms with van der Waals surface area (Å²) in [5, 5.41) is 30.0. The number of hydrogen-bond acceptors (Lipinski definition) is 6. The van der Waals surface area contributed by atoms with Gasteiger partial charge in [-0.1, -0.05) is 44.2 Å². The smallest absolute Gasteiger partial charge is 0.293 e. The molecule has 0 aromatic heterocycles. The molecular weight excluding hydrogens is 456 g/mol. The van der Waals surface area contributed by atoms with E-state index in [0.29, 0.717) is 18.4 Å². The molecule has 8 heteroatoms. The lowest BCUT2D eigenvalue weighted by atomic mass is 9.82. The molecule has 1 saturated heterocycles. The highest BCUT2D eigenvalue weighted by Crippen LogP contribution is 2.41. The number of ether oxygens (including phenoxy) is 2. The number of aliphatic imine (C=N–C) groups is 1. The number of fused-ring (bicyclic) bond motifs is 1. The van der Waals surface area contributed by atoms with Crippen LogP contribution in [0, 0.1) is 11.3 Å². The number of hydrogen-bond donors (Lipinski definition) is 4. The second-order valence-electron chi connectivity index (χ2n) is 9.94. The Hall–Kier alpha value is -2.94. The third-order valence-corrected chi connectivity index (χ3v) is 7.14. The van der Waals surface area contributed by atoms with Gasteiger partial charge in [0.1, 0.15) is 23.4 Å². The zero-order valence-corrected chi connectivity index (χ0v) is 21.5. The van der Waals surface area contributed by atoms with Crippen LogP contribution in [-0.4, -0.2) is 65.9 Å². The molecule has 0 amide bonds. The second kappa shape index (κ2) is 11.4. The molecule has 4 rings (SSSR count). The molecule has 8 nitrogen and oxygen atoms in total. The predicted molar refractivity (Wildman–Crippen MR) is 141 cm³/mol. The van der Waals surface area contributed by atoms with Crippen LogP contribution < -0.4 is 10.1 Å². The monoisotopic (exact) mass is 494 g/mol. The zero-order valence-electron chi connectivity index (χ0n) is 21.5. The number of rotatable bonds is 6. The minimum Gasteiger partial charge on any atom is -0.487 e. The number of methoxy groups -OCH3 is 1. The Morgan fingerprint density at radius 1 is 1.14 bits per heavy atom. The summed E-state index contributed by atoms with van der Waals surface area (Å²) in [6.07, 6.45) is 2.92. The molecule has 2 aliphatic heterocycles. The number of aliphatic hydroxyl groups is 2. The van der Waals surface area contributed by atoms with Gasteiger partial charge in [-0.25, -0.2) is 0 Å². The summed E-state index contributed by atoms with van der Waals surface area (Å²) in [6, 6.07) is 14.7. The molecule has 2 aromatic carbocycles.